The SMILES string of the molecule is Cl.Nc1ncc(CNc2ccccc2OCC2CCCCO2)s1. The topological polar surface area (TPSA) is 69.4 Å². The smallest absolute Gasteiger partial charge is 0.180 e. The number of hydrogen-bond donors (Lipinski definition) is 2. The highest BCUT2D eigenvalue weighted by Gasteiger charge is 2.15. The molecular formula is C16H22ClN3O2S. The Bertz CT molecular complexity index is 603. The number of halogens is 1. The number of nitrogens with zero attached hydrogens (tertiary/aromatic N) is 1. The molecule has 1 aliphatic rings. The number of ether oxygens (including phenoxy) is 2. The monoisotopic (exact) mass is 355 g/mol. The lowest BCUT2D eigenvalue weighted by Gasteiger charge is -2.23. The first-order valence-corrected chi connectivity index (χ1v) is 8.40. The van der Waals surface area contributed by atoms with Crippen molar-refractivity contribution in [1.29, 1.82) is 0 Å². The highest BCUT2D eigenvalue weighted by molar-refractivity contribution is 7.15. The summed E-state index contributed by atoms with van der Waals surface area (Å²) < 4.78 is 11.7. The van der Waals surface area contributed by atoms with Gasteiger partial charge in [-0.1, -0.05) is 12.1 Å². The zero-order chi connectivity index (χ0) is 15.2. The number of hydrogen-bond acceptors (Lipinski definition) is 6. The maximum absolute atomic E-state index is 5.95. The van der Waals surface area contributed by atoms with Crippen LogP contribution in [0.15, 0.2) is 30.5 Å². The summed E-state index contributed by atoms with van der Waals surface area (Å²) in [5.41, 5.74) is 6.63. The van der Waals surface area contributed by atoms with Crippen LogP contribution >= 0.6 is 23.7 Å². The van der Waals surface area contributed by atoms with Crippen LogP contribution in [0.4, 0.5) is 10.8 Å². The molecule has 1 aromatic heterocycles. The zero-order valence-corrected chi connectivity index (χ0v) is 14.5. The van der Waals surface area contributed by atoms with Crippen LogP contribution in [0.1, 0.15) is 24.1 Å². The fourth-order valence-corrected chi connectivity index (χ4v) is 3.07. The second-order valence-electron chi connectivity index (χ2n) is 5.31. The molecule has 0 saturated carbocycles. The largest absolute Gasteiger partial charge is 0.489 e. The van der Waals surface area contributed by atoms with Gasteiger partial charge in [0.1, 0.15) is 12.4 Å². The van der Waals surface area contributed by atoms with Crippen LogP contribution in [0.25, 0.3) is 0 Å². The van der Waals surface area contributed by atoms with Crippen LogP contribution in [0.5, 0.6) is 5.75 Å². The van der Waals surface area contributed by atoms with Gasteiger partial charge >= 0.3 is 0 Å². The highest BCUT2D eigenvalue weighted by Crippen LogP contribution is 2.26. The molecule has 1 aromatic carbocycles. The van der Waals surface area contributed by atoms with E-state index >= 15 is 0 Å². The molecule has 0 bridgehead atoms. The normalized spacial score (nSPS) is 17.3. The second-order valence-corrected chi connectivity index (χ2v) is 6.46. The summed E-state index contributed by atoms with van der Waals surface area (Å²) in [5.74, 6) is 0.856. The fourth-order valence-electron chi connectivity index (χ4n) is 2.45. The van der Waals surface area contributed by atoms with E-state index in [1.807, 2.05) is 24.3 Å². The maximum Gasteiger partial charge on any atom is 0.180 e. The number of anilines is 2. The molecule has 1 fully saturated rings. The molecule has 1 unspecified atom stereocenters. The minimum absolute atomic E-state index is 0. The summed E-state index contributed by atoms with van der Waals surface area (Å²) in [6, 6.07) is 7.97. The Morgan fingerprint density at radius 2 is 2.22 bits per heavy atom. The summed E-state index contributed by atoms with van der Waals surface area (Å²) >= 11 is 1.49. The van der Waals surface area contributed by atoms with Gasteiger partial charge in [0, 0.05) is 17.7 Å². The lowest BCUT2D eigenvalue weighted by Crippen LogP contribution is -2.25. The van der Waals surface area contributed by atoms with E-state index in [9.17, 15) is 0 Å². The molecule has 1 aliphatic heterocycles. The molecule has 3 rings (SSSR count). The average Bonchev–Trinajstić information content (AvgIpc) is 2.98. The van der Waals surface area contributed by atoms with Crippen LogP contribution in [0.2, 0.25) is 0 Å². The van der Waals surface area contributed by atoms with Gasteiger partial charge in [-0.15, -0.1) is 23.7 Å². The molecule has 23 heavy (non-hydrogen) atoms. The average molecular weight is 356 g/mol. The first-order valence-electron chi connectivity index (χ1n) is 7.59. The molecule has 0 spiro atoms. The highest BCUT2D eigenvalue weighted by atomic mass is 35.5. The molecule has 1 atom stereocenters. The molecule has 1 saturated heterocycles. The number of thiazole rings is 1. The van der Waals surface area contributed by atoms with Gasteiger partial charge in [0.2, 0.25) is 0 Å². The number of benzene rings is 1. The van der Waals surface area contributed by atoms with Crippen LogP contribution in [-0.4, -0.2) is 24.3 Å². The fraction of sp³-hybridized carbons (Fsp3) is 0.438. The first-order chi connectivity index (χ1) is 10.8. The van der Waals surface area contributed by atoms with E-state index in [4.69, 9.17) is 15.2 Å². The molecule has 3 N–H and O–H groups in total. The van der Waals surface area contributed by atoms with Crippen molar-refractivity contribution in [1.82, 2.24) is 4.98 Å². The molecule has 2 heterocycles. The van der Waals surface area contributed by atoms with E-state index in [0.29, 0.717) is 18.3 Å². The van der Waals surface area contributed by atoms with Gasteiger partial charge in [0.25, 0.3) is 0 Å². The van der Waals surface area contributed by atoms with Crippen LogP contribution in [-0.2, 0) is 11.3 Å². The van der Waals surface area contributed by atoms with Crippen molar-refractivity contribution in [2.45, 2.75) is 31.9 Å². The first kappa shape index (κ1) is 17.8. The van der Waals surface area contributed by atoms with Gasteiger partial charge < -0.3 is 20.5 Å². The molecule has 7 heteroatoms. The second kappa shape index (κ2) is 8.96. The zero-order valence-electron chi connectivity index (χ0n) is 12.9. The Hall–Kier alpha value is -1.50. The Morgan fingerprint density at radius 3 is 2.96 bits per heavy atom. The number of nitrogens with one attached hydrogen (secondary N) is 1. The van der Waals surface area contributed by atoms with E-state index in [2.05, 4.69) is 10.3 Å². The van der Waals surface area contributed by atoms with Crippen molar-refractivity contribution in [2.75, 3.05) is 24.3 Å². The standard InChI is InChI=1S/C16H21N3O2S.ClH/c17-16-19-10-13(22-16)9-18-14-6-1-2-7-15(14)21-11-12-5-3-4-8-20-12;/h1-2,6-7,10,12,18H,3-5,8-9,11H2,(H2,17,19);1H. The van der Waals surface area contributed by atoms with E-state index in [-0.39, 0.29) is 18.5 Å². The van der Waals surface area contributed by atoms with E-state index in [1.54, 1.807) is 6.20 Å². The van der Waals surface area contributed by atoms with Gasteiger partial charge in [-0.25, -0.2) is 4.98 Å². The predicted molar refractivity (Wildman–Crippen MR) is 96.6 cm³/mol. The molecule has 2 aromatic rings. The third-order valence-corrected chi connectivity index (χ3v) is 4.44. The minimum atomic E-state index is 0. The predicted octanol–water partition coefficient (Wildman–Crippen LogP) is 3.71. The third-order valence-electron chi connectivity index (χ3n) is 3.61. The summed E-state index contributed by atoms with van der Waals surface area (Å²) in [6.45, 7) is 2.14. The van der Waals surface area contributed by atoms with Crippen molar-refractivity contribution in [3.8, 4) is 5.75 Å². The molecule has 126 valence electrons. The van der Waals surface area contributed by atoms with Crippen molar-refractivity contribution in [3.63, 3.8) is 0 Å². The number of para-hydroxylation sites is 2. The Labute approximate surface area is 146 Å². The van der Waals surface area contributed by atoms with Gasteiger partial charge in [0.15, 0.2) is 5.13 Å². The van der Waals surface area contributed by atoms with Gasteiger partial charge in [-0.3, -0.25) is 0 Å². The molecule has 5 nitrogen and oxygen atoms in total. The summed E-state index contributed by atoms with van der Waals surface area (Å²) in [5, 5.41) is 3.97. The molecular weight excluding hydrogens is 334 g/mol. The summed E-state index contributed by atoms with van der Waals surface area (Å²) in [4.78, 5) is 5.16. The molecule has 0 aliphatic carbocycles. The van der Waals surface area contributed by atoms with Crippen LogP contribution < -0.4 is 15.8 Å². The van der Waals surface area contributed by atoms with Gasteiger partial charge in [0.05, 0.1) is 18.3 Å². The lowest BCUT2D eigenvalue weighted by molar-refractivity contribution is -0.0109. The molecule has 0 radical (unpaired) electrons. The van der Waals surface area contributed by atoms with Gasteiger partial charge in [-0.2, -0.15) is 0 Å². The van der Waals surface area contributed by atoms with Gasteiger partial charge in [-0.05, 0) is 31.4 Å². The number of aromatic nitrogens is 1. The van der Waals surface area contributed by atoms with E-state index < -0.39 is 0 Å². The van der Waals surface area contributed by atoms with E-state index in [0.717, 1.165) is 35.8 Å². The third kappa shape index (κ3) is 5.27. The number of nitrogen functional groups attached to an aromatic ring is 1. The number of nitrogens with two attached hydrogens (primary N) is 1. The van der Waals surface area contributed by atoms with Crippen molar-refractivity contribution in [2.24, 2.45) is 0 Å². The maximum atomic E-state index is 5.95. The lowest BCUT2D eigenvalue weighted by atomic mass is 10.1. The minimum Gasteiger partial charge on any atom is -0.489 e. The van der Waals surface area contributed by atoms with Crippen LogP contribution in [0, 0.1) is 0 Å². The Morgan fingerprint density at radius 1 is 1.35 bits per heavy atom. The Balaban J connectivity index is 0.00000192. The van der Waals surface area contributed by atoms with Crippen molar-refractivity contribution < 1.29 is 9.47 Å². The van der Waals surface area contributed by atoms with Crippen molar-refractivity contribution >= 4 is 34.6 Å². The summed E-state index contributed by atoms with van der Waals surface area (Å²) in [7, 11) is 0. The van der Waals surface area contributed by atoms with Crippen molar-refractivity contribution in [3.05, 3.63) is 35.3 Å². The quantitative estimate of drug-likeness (QED) is 0.826. The molecule has 0 amide bonds. The number of rotatable bonds is 6. The Kier molecular flexibility index (Phi) is 6.95. The van der Waals surface area contributed by atoms with Crippen LogP contribution in [0.3, 0.4) is 0 Å². The van der Waals surface area contributed by atoms with E-state index in [1.165, 1.54) is 17.8 Å². The summed E-state index contributed by atoms with van der Waals surface area (Å²) in [6.07, 6.45) is 5.47.